The molecular formula is C22H31BrN2O2S. The number of ether oxygens (including phenoxy) is 1. The zero-order valence-corrected chi connectivity index (χ0v) is 19.1. The third-order valence-corrected chi connectivity index (χ3v) is 8.00. The molecule has 3 aliphatic rings. The second kappa shape index (κ2) is 9.40. The van der Waals surface area contributed by atoms with E-state index in [1.165, 1.54) is 35.7 Å². The summed E-state index contributed by atoms with van der Waals surface area (Å²) >= 11 is 5.28. The predicted octanol–water partition coefficient (Wildman–Crippen LogP) is 5.05. The van der Waals surface area contributed by atoms with Crippen LogP contribution in [0.4, 0.5) is 4.79 Å². The molecule has 1 aromatic carbocycles. The SMILES string of the molecule is CCOc1ccc(Br)c(CC2CCN(CC3CN(CC4CC4)C(=O)S3)CC2)c1. The average molecular weight is 467 g/mol. The molecule has 1 amide bonds. The quantitative estimate of drug-likeness (QED) is 0.536. The maximum absolute atomic E-state index is 12.2. The van der Waals surface area contributed by atoms with Crippen LogP contribution in [0.15, 0.2) is 22.7 Å². The van der Waals surface area contributed by atoms with Crippen LogP contribution in [-0.2, 0) is 6.42 Å². The highest BCUT2D eigenvalue weighted by Crippen LogP contribution is 2.35. The van der Waals surface area contributed by atoms with E-state index in [1.54, 1.807) is 11.8 Å². The van der Waals surface area contributed by atoms with E-state index in [2.05, 4.69) is 37.9 Å². The predicted molar refractivity (Wildman–Crippen MR) is 119 cm³/mol. The lowest BCUT2D eigenvalue weighted by atomic mass is 9.90. The minimum absolute atomic E-state index is 0.311. The number of nitrogens with zero attached hydrogens (tertiary/aromatic N) is 2. The first-order valence-electron chi connectivity index (χ1n) is 10.7. The Morgan fingerprint density at radius 2 is 1.93 bits per heavy atom. The molecule has 1 atom stereocenters. The third-order valence-electron chi connectivity index (χ3n) is 6.13. The lowest BCUT2D eigenvalue weighted by molar-refractivity contribution is 0.179. The Kier molecular flexibility index (Phi) is 6.90. The van der Waals surface area contributed by atoms with E-state index in [0.717, 1.165) is 56.7 Å². The molecule has 1 aliphatic carbocycles. The van der Waals surface area contributed by atoms with Crippen LogP contribution in [0.2, 0.25) is 0 Å². The van der Waals surface area contributed by atoms with Crippen molar-refractivity contribution in [3.05, 3.63) is 28.2 Å². The van der Waals surface area contributed by atoms with E-state index < -0.39 is 0 Å². The Balaban J connectivity index is 1.23. The monoisotopic (exact) mass is 466 g/mol. The molecule has 6 heteroatoms. The van der Waals surface area contributed by atoms with E-state index in [9.17, 15) is 4.79 Å². The largest absolute Gasteiger partial charge is 0.494 e. The van der Waals surface area contributed by atoms with Crippen LogP contribution < -0.4 is 4.74 Å². The van der Waals surface area contributed by atoms with Gasteiger partial charge in [0.1, 0.15) is 5.75 Å². The second-order valence-electron chi connectivity index (χ2n) is 8.49. The minimum Gasteiger partial charge on any atom is -0.494 e. The number of carbonyl (C=O) groups is 1. The van der Waals surface area contributed by atoms with E-state index in [-0.39, 0.29) is 0 Å². The number of likely N-dealkylation sites (tertiary alicyclic amines) is 1. The molecule has 28 heavy (non-hydrogen) atoms. The Bertz CT molecular complexity index is 689. The van der Waals surface area contributed by atoms with Gasteiger partial charge in [0.25, 0.3) is 5.24 Å². The van der Waals surface area contributed by atoms with Gasteiger partial charge in [0, 0.05) is 29.4 Å². The van der Waals surface area contributed by atoms with Crippen molar-refractivity contribution in [2.75, 3.05) is 39.3 Å². The number of hydrogen-bond donors (Lipinski definition) is 0. The summed E-state index contributed by atoms with van der Waals surface area (Å²) in [4.78, 5) is 16.9. The number of hydrogen-bond acceptors (Lipinski definition) is 4. The molecule has 1 unspecified atom stereocenters. The van der Waals surface area contributed by atoms with Gasteiger partial charge in [-0.3, -0.25) is 4.79 Å². The summed E-state index contributed by atoms with van der Waals surface area (Å²) in [5.74, 6) is 2.49. The molecule has 4 nitrogen and oxygen atoms in total. The zero-order chi connectivity index (χ0) is 19.5. The molecular weight excluding hydrogens is 436 g/mol. The van der Waals surface area contributed by atoms with Crippen molar-refractivity contribution < 1.29 is 9.53 Å². The highest BCUT2D eigenvalue weighted by atomic mass is 79.9. The molecule has 0 radical (unpaired) electrons. The van der Waals surface area contributed by atoms with Crippen molar-refractivity contribution >= 4 is 32.9 Å². The molecule has 2 heterocycles. The standard InChI is InChI=1S/C22H31BrN2O2S/c1-2-27-19-5-6-21(23)18(12-19)11-16-7-9-24(10-8-16)14-20-15-25(22(26)28-20)13-17-3-4-17/h5-6,12,16-17,20H,2-4,7-11,13-15H2,1H3. The lowest BCUT2D eigenvalue weighted by Gasteiger charge is -2.33. The zero-order valence-electron chi connectivity index (χ0n) is 16.7. The van der Waals surface area contributed by atoms with Crippen molar-refractivity contribution in [1.82, 2.24) is 9.80 Å². The first-order chi connectivity index (χ1) is 13.6. The molecule has 0 bridgehead atoms. The van der Waals surface area contributed by atoms with Crippen LogP contribution in [0.5, 0.6) is 5.75 Å². The molecule has 4 rings (SSSR count). The van der Waals surface area contributed by atoms with Gasteiger partial charge in [-0.05, 0) is 87.7 Å². The average Bonchev–Trinajstić information content (AvgIpc) is 3.43. The van der Waals surface area contributed by atoms with Crippen molar-refractivity contribution in [1.29, 1.82) is 0 Å². The highest BCUT2D eigenvalue weighted by molar-refractivity contribution is 9.10. The molecule has 0 aromatic heterocycles. The highest BCUT2D eigenvalue weighted by Gasteiger charge is 2.35. The summed E-state index contributed by atoms with van der Waals surface area (Å²) in [6.45, 7) is 8.06. The molecule has 3 fully saturated rings. The van der Waals surface area contributed by atoms with Crippen molar-refractivity contribution in [3.63, 3.8) is 0 Å². The normalized spacial score (nSPS) is 24.1. The fourth-order valence-corrected chi connectivity index (χ4v) is 5.90. The smallest absolute Gasteiger partial charge is 0.282 e. The Hall–Kier alpha value is -0.720. The van der Waals surface area contributed by atoms with Crippen molar-refractivity contribution in [2.24, 2.45) is 11.8 Å². The number of amides is 1. The summed E-state index contributed by atoms with van der Waals surface area (Å²) in [7, 11) is 0. The first kappa shape index (κ1) is 20.5. The fraction of sp³-hybridized carbons (Fsp3) is 0.682. The van der Waals surface area contributed by atoms with E-state index >= 15 is 0 Å². The lowest BCUT2D eigenvalue weighted by Crippen LogP contribution is -2.39. The van der Waals surface area contributed by atoms with Crippen molar-refractivity contribution in [2.45, 2.75) is 44.3 Å². The van der Waals surface area contributed by atoms with Gasteiger partial charge in [0.05, 0.1) is 6.61 Å². The van der Waals surface area contributed by atoms with E-state index in [0.29, 0.717) is 17.1 Å². The van der Waals surface area contributed by atoms with Crippen LogP contribution in [0.25, 0.3) is 0 Å². The Morgan fingerprint density at radius 1 is 1.14 bits per heavy atom. The molecule has 2 saturated heterocycles. The Labute approximate surface area is 181 Å². The minimum atomic E-state index is 0.311. The van der Waals surface area contributed by atoms with Gasteiger partial charge in [-0.1, -0.05) is 27.7 Å². The van der Waals surface area contributed by atoms with E-state index in [1.807, 2.05) is 13.0 Å². The molecule has 1 saturated carbocycles. The van der Waals surface area contributed by atoms with Gasteiger partial charge in [-0.2, -0.15) is 0 Å². The fourth-order valence-electron chi connectivity index (χ4n) is 4.37. The van der Waals surface area contributed by atoms with Crippen LogP contribution in [-0.4, -0.2) is 59.6 Å². The number of piperidine rings is 1. The second-order valence-corrected chi connectivity index (χ2v) is 10.6. The van der Waals surface area contributed by atoms with Gasteiger partial charge in [0.15, 0.2) is 0 Å². The van der Waals surface area contributed by atoms with Gasteiger partial charge >= 0.3 is 0 Å². The number of carbonyl (C=O) groups excluding carboxylic acids is 1. The molecule has 1 aromatic rings. The van der Waals surface area contributed by atoms with E-state index in [4.69, 9.17) is 4.74 Å². The Morgan fingerprint density at radius 3 is 2.64 bits per heavy atom. The number of halogens is 1. The van der Waals surface area contributed by atoms with Gasteiger partial charge < -0.3 is 14.5 Å². The molecule has 0 N–H and O–H groups in total. The van der Waals surface area contributed by atoms with Gasteiger partial charge in [-0.15, -0.1) is 0 Å². The number of rotatable bonds is 8. The van der Waals surface area contributed by atoms with Crippen molar-refractivity contribution in [3.8, 4) is 5.75 Å². The summed E-state index contributed by atoms with van der Waals surface area (Å²) in [6, 6.07) is 6.33. The maximum atomic E-state index is 12.2. The van der Waals surface area contributed by atoms with Crippen LogP contribution in [0.1, 0.15) is 38.2 Å². The van der Waals surface area contributed by atoms with Gasteiger partial charge in [-0.25, -0.2) is 0 Å². The molecule has 2 aliphatic heterocycles. The van der Waals surface area contributed by atoms with Crippen LogP contribution in [0.3, 0.4) is 0 Å². The third kappa shape index (κ3) is 5.45. The summed E-state index contributed by atoms with van der Waals surface area (Å²) in [5.41, 5.74) is 1.36. The number of benzene rings is 1. The molecule has 154 valence electrons. The van der Waals surface area contributed by atoms with Crippen LogP contribution >= 0.6 is 27.7 Å². The topological polar surface area (TPSA) is 32.8 Å². The summed E-state index contributed by atoms with van der Waals surface area (Å²) < 4.78 is 6.85. The first-order valence-corrected chi connectivity index (χ1v) is 12.4. The molecule has 0 spiro atoms. The summed E-state index contributed by atoms with van der Waals surface area (Å²) in [5, 5.41) is 0.769. The number of thioether (sulfide) groups is 1. The maximum Gasteiger partial charge on any atom is 0.282 e. The summed E-state index contributed by atoms with van der Waals surface area (Å²) in [6.07, 6.45) is 6.22. The van der Waals surface area contributed by atoms with Crippen LogP contribution in [0, 0.1) is 11.8 Å². The van der Waals surface area contributed by atoms with Gasteiger partial charge in [0.2, 0.25) is 0 Å².